The van der Waals surface area contributed by atoms with E-state index in [9.17, 15) is 0 Å². The monoisotopic (exact) mass is 670 g/mol. The van der Waals surface area contributed by atoms with Gasteiger partial charge in [-0.2, -0.15) is 0 Å². The van der Waals surface area contributed by atoms with Gasteiger partial charge in [-0.25, -0.2) is 0 Å². The maximum absolute atomic E-state index is 6.32. The van der Waals surface area contributed by atoms with Crippen LogP contribution >= 0.6 is 0 Å². The molecule has 0 atom stereocenters. The van der Waals surface area contributed by atoms with Gasteiger partial charge in [0.25, 0.3) is 0 Å². The minimum Gasteiger partial charge on any atom is -0.491 e. The molecule has 8 nitrogen and oxygen atoms in total. The second-order valence-electron chi connectivity index (χ2n) is 11.4. The van der Waals surface area contributed by atoms with Crippen LogP contribution in [-0.2, 0) is 24.4 Å². The normalized spacial score (nSPS) is 12.7. The Kier molecular flexibility index (Phi) is 13.8. The first-order valence-corrected chi connectivity index (χ1v) is 17.5. The number of hydrogen-bond acceptors (Lipinski definition) is 8. The average molecular weight is 671 g/mol. The van der Waals surface area contributed by atoms with Crippen LogP contribution < -0.4 is 18.9 Å². The van der Waals surface area contributed by atoms with Crippen molar-refractivity contribution in [3.63, 3.8) is 0 Å². The molecular weight excluding hydrogens is 620 g/mol. The molecule has 0 aliphatic heterocycles. The first-order chi connectivity index (χ1) is 24.1. The largest absolute Gasteiger partial charge is 0.491 e. The molecule has 0 radical (unpaired) electrons. The predicted octanol–water partition coefficient (Wildman–Crippen LogP) is 7.71. The van der Waals surface area contributed by atoms with Crippen molar-refractivity contribution < 1.29 is 37.9 Å². The third-order valence-electron chi connectivity index (χ3n) is 8.38. The third kappa shape index (κ3) is 8.75. The summed E-state index contributed by atoms with van der Waals surface area (Å²) in [4.78, 5) is 0. The molecule has 0 amide bonds. The predicted molar refractivity (Wildman–Crippen MR) is 192 cm³/mol. The number of fused-ring (bicyclic) bond motifs is 3. The molecule has 0 aromatic heterocycles. The highest BCUT2D eigenvalue weighted by Crippen LogP contribution is 2.57. The highest BCUT2D eigenvalue weighted by molar-refractivity contribution is 5.86. The van der Waals surface area contributed by atoms with Crippen LogP contribution in [0.15, 0.2) is 84.9 Å². The van der Waals surface area contributed by atoms with Gasteiger partial charge in [-0.15, -0.1) is 0 Å². The second kappa shape index (κ2) is 18.6. The molecule has 8 heteroatoms. The van der Waals surface area contributed by atoms with E-state index in [2.05, 4.69) is 72.8 Å². The fraction of sp³-hybridized carbons (Fsp3) is 0.415. The molecule has 49 heavy (non-hydrogen) atoms. The first kappa shape index (κ1) is 36.2. The minimum atomic E-state index is -0.762. The molecule has 0 heterocycles. The molecule has 4 aromatic rings. The molecule has 0 saturated heterocycles. The quantitative estimate of drug-likeness (QED) is 0.0694. The van der Waals surface area contributed by atoms with Crippen LogP contribution in [0.3, 0.4) is 0 Å². The van der Waals surface area contributed by atoms with Gasteiger partial charge in [0.2, 0.25) is 0 Å². The molecular formula is C41H50O8. The summed E-state index contributed by atoms with van der Waals surface area (Å²) in [5.74, 6) is 2.79. The van der Waals surface area contributed by atoms with E-state index in [0.29, 0.717) is 102 Å². The highest BCUT2D eigenvalue weighted by atomic mass is 16.5. The SMILES string of the molecule is CCOCCOc1cc(OCCOCC)cc(C2(c3cc(OCCOCC)cc(OCCOCC)c3)c3ccccc3-c3ccccc32)c1. The smallest absolute Gasteiger partial charge is 0.123 e. The lowest BCUT2D eigenvalue weighted by molar-refractivity contribution is 0.107. The Hall–Kier alpha value is -4.08. The van der Waals surface area contributed by atoms with Crippen molar-refractivity contribution in [2.75, 3.05) is 79.3 Å². The van der Waals surface area contributed by atoms with Crippen LogP contribution in [0.2, 0.25) is 0 Å². The van der Waals surface area contributed by atoms with Crippen molar-refractivity contribution in [3.8, 4) is 34.1 Å². The van der Waals surface area contributed by atoms with Gasteiger partial charge in [-0.3, -0.25) is 0 Å². The first-order valence-electron chi connectivity index (χ1n) is 17.5. The Balaban J connectivity index is 1.71. The van der Waals surface area contributed by atoms with Crippen molar-refractivity contribution in [2.45, 2.75) is 33.1 Å². The molecule has 0 unspecified atom stereocenters. The van der Waals surface area contributed by atoms with E-state index in [0.717, 1.165) is 22.3 Å². The van der Waals surface area contributed by atoms with Crippen LogP contribution in [0.25, 0.3) is 11.1 Å². The molecule has 0 N–H and O–H groups in total. The van der Waals surface area contributed by atoms with Gasteiger partial charge >= 0.3 is 0 Å². The van der Waals surface area contributed by atoms with E-state index in [1.165, 1.54) is 11.1 Å². The van der Waals surface area contributed by atoms with Crippen LogP contribution in [0.4, 0.5) is 0 Å². The van der Waals surface area contributed by atoms with Gasteiger partial charge in [-0.05, 0) is 85.3 Å². The van der Waals surface area contributed by atoms with E-state index in [-0.39, 0.29) is 0 Å². The summed E-state index contributed by atoms with van der Waals surface area (Å²) in [7, 11) is 0. The van der Waals surface area contributed by atoms with Gasteiger partial charge in [-0.1, -0.05) is 48.5 Å². The maximum atomic E-state index is 6.32. The van der Waals surface area contributed by atoms with E-state index in [4.69, 9.17) is 37.9 Å². The zero-order valence-corrected chi connectivity index (χ0v) is 29.3. The van der Waals surface area contributed by atoms with Gasteiger partial charge in [0.05, 0.1) is 31.8 Å². The number of hydrogen-bond donors (Lipinski definition) is 0. The summed E-state index contributed by atoms with van der Waals surface area (Å²) in [6.07, 6.45) is 0. The molecule has 1 aliphatic carbocycles. The summed E-state index contributed by atoms with van der Waals surface area (Å²) in [6.45, 7) is 14.0. The van der Waals surface area contributed by atoms with Crippen molar-refractivity contribution in [1.82, 2.24) is 0 Å². The minimum absolute atomic E-state index is 0.414. The van der Waals surface area contributed by atoms with Crippen molar-refractivity contribution >= 4 is 0 Å². The highest BCUT2D eigenvalue weighted by Gasteiger charge is 2.47. The molecule has 5 rings (SSSR count). The second-order valence-corrected chi connectivity index (χ2v) is 11.4. The Morgan fingerprint density at radius 1 is 0.388 bits per heavy atom. The fourth-order valence-corrected chi connectivity index (χ4v) is 6.38. The Bertz CT molecular complexity index is 1420. The molecule has 262 valence electrons. The maximum Gasteiger partial charge on any atom is 0.123 e. The van der Waals surface area contributed by atoms with Crippen LogP contribution in [0.5, 0.6) is 23.0 Å². The van der Waals surface area contributed by atoms with Gasteiger partial charge in [0.1, 0.15) is 49.4 Å². The molecule has 0 bridgehead atoms. The van der Waals surface area contributed by atoms with E-state index in [1.54, 1.807) is 0 Å². The lowest BCUT2D eigenvalue weighted by Gasteiger charge is -2.35. The van der Waals surface area contributed by atoms with Gasteiger partial charge in [0.15, 0.2) is 0 Å². The zero-order chi connectivity index (χ0) is 34.3. The Labute approximate surface area is 291 Å². The summed E-state index contributed by atoms with van der Waals surface area (Å²) in [6, 6.07) is 29.6. The standard InChI is InChI=1S/C41H50O8/c1-5-42-17-21-46-33-25-31(26-34(29-33)47-22-18-43-6-2)41(39-15-11-9-13-37(39)38-14-10-12-16-40(38)41)32-27-35(48-23-19-44-7-3)30-36(28-32)49-24-20-45-8-4/h9-16,25-30H,5-8,17-24H2,1-4H3. The third-order valence-corrected chi connectivity index (χ3v) is 8.38. The van der Waals surface area contributed by atoms with E-state index in [1.807, 2.05) is 39.8 Å². The lowest BCUT2D eigenvalue weighted by atomic mass is 9.67. The summed E-state index contributed by atoms with van der Waals surface area (Å²) in [5.41, 5.74) is 5.86. The molecule has 4 aromatic carbocycles. The Morgan fingerprint density at radius 3 is 1.00 bits per heavy atom. The van der Waals surface area contributed by atoms with Gasteiger partial charge in [0, 0.05) is 38.6 Å². The van der Waals surface area contributed by atoms with Crippen LogP contribution in [0, 0.1) is 0 Å². The zero-order valence-electron chi connectivity index (χ0n) is 29.3. The topological polar surface area (TPSA) is 73.8 Å². The number of rotatable bonds is 22. The van der Waals surface area contributed by atoms with Crippen molar-refractivity contribution in [3.05, 3.63) is 107 Å². The Morgan fingerprint density at radius 2 is 0.694 bits per heavy atom. The summed E-state index contributed by atoms with van der Waals surface area (Å²) < 4.78 is 47.6. The van der Waals surface area contributed by atoms with Crippen molar-refractivity contribution in [2.24, 2.45) is 0 Å². The number of ether oxygens (including phenoxy) is 8. The lowest BCUT2D eigenvalue weighted by Crippen LogP contribution is -2.29. The number of benzene rings is 4. The fourth-order valence-electron chi connectivity index (χ4n) is 6.38. The van der Waals surface area contributed by atoms with Crippen molar-refractivity contribution in [1.29, 1.82) is 0 Å². The van der Waals surface area contributed by atoms with Crippen LogP contribution in [-0.4, -0.2) is 79.3 Å². The summed E-state index contributed by atoms with van der Waals surface area (Å²) >= 11 is 0. The molecule has 1 aliphatic rings. The average Bonchev–Trinajstić information content (AvgIpc) is 3.43. The summed E-state index contributed by atoms with van der Waals surface area (Å²) in [5, 5.41) is 0. The molecule has 0 fully saturated rings. The molecule has 0 saturated carbocycles. The van der Waals surface area contributed by atoms with Crippen LogP contribution in [0.1, 0.15) is 49.9 Å². The molecule has 0 spiro atoms. The van der Waals surface area contributed by atoms with E-state index >= 15 is 0 Å². The van der Waals surface area contributed by atoms with Gasteiger partial charge < -0.3 is 37.9 Å². The van der Waals surface area contributed by atoms with E-state index < -0.39 is 5.41 Å².